The molecule has 3 aromatic rings. The lowest BCUT2D eigenvalue weighted by atomic mass is 9.73. The molecule has 4 heteroatoms. The highest BCUT2D eigenvalue weighted by Gasteiger charge is 2.40. The number of benzene rings is 3. The van der Waals surface area contributed by atoms with E-state index in [1.54, 1.807) is 13.8 Å². The molecule has 0 unspecified atom stereocenters. The molecule has 0 spiro atoms. The molecule has 38 heavy (non-hydrogen) atoms. The molecule has 4 nitrogen and oxygen atoms in total. The van der Waals surface area contributed by atoms with Gasteiger partial charge in [-0.3, -0.25) is 0 Å². The summed E-state index contributed by atoms with van der Waals surface area (Å²) in [5.74, 6) is -0.919. The standard InChI is InChI=1S/C30H28O4.2C2H6/c1-19(2)28(31)33-17-21-14-15-23(16-22(21)18-34-29(32)20(3)4)30(5)26-12-8-6-10-24(26)25-11-7-9-13-27(25)30;2*1-2/h6-16H,1,3,17-18H2,2,4-5H3;2*1-2H3. The van der Waals surface area contributed by atoms with Gasteiger partial charge in [0.2, 0.25) is 0 Å². The predicted molar refractivity (Wildman–Crippen MR) is 156 cm³/mol. The highest BCUT2D eigenvalue weighted by molar-refractivity contribution is 5.87. The smallest absolute Gasteiger partial charge is 0.333 e. The van der Waals surface area contributed by atoms with Crippen LogP contribution in [0.4, 0.5) is 0 Å². The Hall–Kier alpha value is -3.92. The Bertz CT molecular complexity index is 1270. The molecule has 0 saturated heterocycles. The quantitative estimate of drug-likeness (QED) is 0.236. The van der Waals surface area contributed by atoms with Crippen LogP contribution < -0.4 is 0 Å². The van der Waals surface area contributed by atoms with Crippen molar-refractivity contribution in [1.29, 1.82) is 0 Å². The van der Waals surface area contributed by atoms with E-state index in [0.29, 0.717) is 11.1 Å². The summed E-state index contributed by atoms with van der Waals surface area (Å²) in [5, 5.41) is 0. The molecule has 0 aliphatic heterocycles. The number of carbonyl (C=O) groups is 2. The minimum absolute atomic E-state index is 0.0544. The van der Waals surface area contributed by atoms with E-state index in [1.165, 1.54) is 22.3 Å². The van der Waals surface area contributed by atoms with Crippen LogP contribution in [0.1, 0.15) is 76.3 Å². The average molecular weight is 513 g/mol. The minimum atomic E-state index is -0.460. The number of fused-ring (bicyclic) bond motifs is 3. The number of hydrogen-bond acceptors (Lipinski definition) is 4. The molecular weight excluding hydrogens is 472 g/mol. The maximum Gasteiger partial charge on any atom is 0.333 e. The van der Waals surface area contributed by atoms with E-state index in [2.05, 4.69) is 80.7 Å². The van der Waals surface area contributed by atoms with Gasteiger partial charge in [-0.05, 0) is 59.7 Å². The third kappa shape index (κ3) is 6.13. The van der Waals surface area contributed by atoms with Crippen molar-refractivity contribution in [2.24, 2.45) is 0 Å². The van der Waals surface area contributed by atoms with Crippen molar-refractivity contribution < 1.29 is 19.1 Å². The van der Waals surface area contributed by atoms with Crippen molar-refractivity contribution in [3.8, 4) is 11.1 Å². The zero-order valence-corrected chi connectivity index (χ0v) is 23.8. The lowest BCUT2D eigenvalue weighted by molar-refractivity contribution is -0.141. The van der Waals surface area contributed by atoms with Gasteiger partial charge in [0.1, 0.15) is 13.2 Å². The van der Waals surface area contributed by atoms with Crippen LogP contribution in [0.5, 0.6) is 0 Å². The maximum absolute atomic E-state index is 12.1. The van der Waals surface area contributed by atoms with Crippen LogP contribution >= 0.6 is 0 Å². The summed E-state index contributed by atoms with van der Waals surface area (Å²) in [6.45, 7) is 20.9. The monoisotopic (exact) mass is 512 g/mol. The SMILES string of the molecule is C=C(C)C(=O)OCc1ccc(C2(C)c3ccccc3-c3ccccc32)cc1COC(=O)C(=C)C.CC.CC. The first kappa shape index (κ1) is 30.3. The van der Waals surface area contributed by atoms with Gasteiger partial charge in [0.05, 0.1) is 0 Å². The van der Waals surface area contributed by atoms with Crippen molar-refractivity contribution in [3.63, 3.8) is 0 Å². The number of esters is 2. The van der Waals surface area contributed by atoms with Crippen LogP contribution in [-0.2, 0) is 37.7 Å². The molecule has 0 radical (unpaired) electrons. The Labute approximate surface area is 228 Å². The molecule has 4 rings (SSSR count). The molecule has 1 aliphatic rings. The molecule has 0 N–H and O–H groups in total. The van der Waals surface area contributed by atoms with Crippen molar-refractivity contribution >= 4 is 11.9 Å². The summed E-state index contributed by atoms with van der Waals surface area (Å²) in [7, 11) is 0. The highest BCUT2D eigenvalue weighted by Crippen LogP contribution is 2.52. The van der Waals surface area contributed by atoms with E-state index in [4.69, 9.17) is 9.47 Å². The molecule has 0 fully saturated rings. The lowest BCUT2D eigenvalue weighted by Crippen LogP contribution is -2.23. The van der Waals surface area contributed by atoms with E-state index in [9.17, 15) is 9.59 Å². The molecule has 200 valence electrons. The van der Waals surface area contributed by atoms with Crippen LogP contribution in [0.25, 0.3) is 11.1 Å². The van der Waals surface area contributed by atoms with Gasteiger partial charge in [-0.15, -0.1) is 0 Å². The van der Waals surface area contributed by atoms with E-state index < -0.39 is 11.9 Å². The van der Waals surface area contributed by atoms with Gasteiger partial charge in [0.25, 0.3) is 0 Å². The number of rotatable bonds is 7. The van der Waals surface area contributed by atoms with E-state index in [1.807, 2.05) is 33.8 Å². The lowest BCUT2D eigenvalue weighted by Gasteiger charge is -2.29. The van der Waals surface area contributed by atoms with Crippen molar-refractivity contribution in [1.82, 2.24) is 0 Å². The number of hydrogen-bond donors (Lipinski definition) is 0. The summed E-state index contributed by atoms with van der Waals surface area (Å²) in [5.41, 5.74) is 7.79. The van der Waals surface area contributed by atoms with Crippen LogP contribution in [0.2, 0.25) is 0 Å². The summed E-state index contributed by atoms with van der Waals surface area (Å²) in [6.07, 6.45) is 0. The molecule has 0 saturated carbocycles. The molecule has 0 bridgehead atoms. The normalized spacial score (nSPS) is 11.9. The third-order valence-corrected chi connectivity index (χ3v) is 6.42. The fourth-order valence-electron chi connectivity index (χ4n) is 4.51. The minimum Gasteiger partial charge on any atom is -0.457 e. The topological polar surface area (TPSA) is 52.6 Å². The number of ether oxygens (including phenoxy) is 2. The second-order valence-electron chi connectivity index (χ2n) is 8.91. The molecule has 0 amide bonds. The number of carbonyl (C=O) groups excluding carboxylic acids is 2. The van der Waals surface area contributed by atoms with E-state index >= 15 is 0 Å². The first-order chi connectivity index (χ1) is 18.2. The van der Waals surface area contributed by atoms with Gasteiger partial charge in [0, 0.05) is 16.6 Å². The fraction of sp³-hybridized carbons (Fsp3) is 0.294. The molecule has 0 atom stereocenters. The molecule has 0 aromatic heterocycles. The Balaban J connectivity index is 0.00000121. The predicted octanol–water partition coefficient (Wildman–Crippen LogP) is 8.31. The average Bonchev–Trinajstić information content (AvgIpc) is 3.22. The van der Waals surface area contributed by atoms with Crippen LogP contribution in [0.15, 0.2) is 91.0 Å². The van der Waals surface area contributed by atoms with Gasteiger partial charge >= 0.3 is 11.9 Å². The van der Waals surface area contributed by atoms with Gasteiger partial charge in [0.15, 0.2) is 0 Å². The van der Waals surface area contributed by atoms with Crippen LogP contribution in [0.3, 0.4) is 0 Å². The van der Waals surface area contributed by atoms with Gasteiger partial charge in [-0.25, -0.2) is 9.59 Å². The highest BCUT2D eigenvalue weighted by atomic mass is 16.5. The van der Waals surface area contributed by atoms with Gasteiger partial charge in [-0.2, -0.15) is 0 Å². The molecular formula is C34H40O4. The largest absolute Gasteiger partial charge is 0.457 e. The Morgan fingerprint density at radius 2 is 1.11 bits per heavy atom. The Morgan fingerprint density at radius 3 is 1.55 bits per heavy atom. The summed E-state index contributed by atoms with van der Waals surface area (Å²) < 4.78 is 10.9. The molecule has 0 heterocycles. The van der Waals surface area contributed by atoms with Crippen LogP contribution in [-0.4, -0.2) is 11.9 Å². The van der Waals surface area contributed by atoms with Crippen molar-refractivity contribution in [3.05, 3.63) is 119 Å². The van der Waals surface area contributed by atoms with Crippen LogP contribution in [0, 0.1) is 0 Å². The molecule has 1 aliphatic carbocycles. The molecule has 3 aromatic carbocycles. The maximum atomic E-state index is 12.1. The second kappa shape index (κ2) is 13.6. The van der Waals surface area contributed by atoms with Crippen molar-refractivity contribution in [2.45, 2.75) is 67.1 Å². The van der Waals surface area contributed by atoms with E-state index in [-0.39, 0.29) is 18.6 Å². The first-order valence-corrected chi connectivity index (χ1v) is 13.2. The van der Waals surface area contributed by atoms with Crippen molar-refractivity contribution in [2.75, 3.05) is 0 Å². The summed E-state index contributed by atoms with van der Waals surface area (Å²) >= 11 is 0. The zero-order valence-electron chi connectivity index (χ0n) is 23.8. The fourth-order valence-corrected chi connectivity index (χ4v) is 4.51. The zero-order chi connectivity index (χ0) is 28.5. The van der Waals surface area contributed by atoms with Gasteiger partial charge in [-0.1, -0.05) is 108 Å². The third-order valence-electron chi connectivity index (χ3n) is 6.42. The summed E-state index contributed by atoms with van der Waals surface area (Å²) in [6, 6.07) is 22.9. The Kier molecular flexibility index (Phi) is 10.8. The first-order valence-electron chi connectivity index (χ1n) is 13.2. The second-order valence-corrected chi connectivity index (χ2v) is 8.91. The van der Waals surface area contributed by atoms with E-state index in [0.717, 1.165) is 16.7 Å². The Morgan fingerprint density at radius 1 is 0.684 bits per heavy atom. The van der Waals surface area contributed by atoms with Gasteiger partial charge < -0.3 is 9.47 Å². The summed E-state index contributed by atoms with van der Waals surface area (Å²) in [4.78, 5) is 24.1.